The van der Waals surface area contributed by atoms with Crippen LogP contribution in [0, 0.1) is 0 Å². The molecule has 1 aliphatic rings. The van der Waals surface area contributed by atoms with Crippen molar-refractivity contribution in [2.24, 2.45) is 5.73 Å². The van der Waals surface area contributed by atoms with Crippen molar-refractivity contribution in [3.05, 3.63) is 24.0 Å². The van der Waals surface area contributed by atoms with Gasteiger partial charge in [-0.1, -0.05) is 0 Å². The van der Waals surface area contributed by atoms with E-state index in [9.17, 15) is 8.42 Å². The van der Waals surface area contributed by atoms with Gasteiger partial charge in [-0.25, -0.2) is 8.42 Å². The molecule has 4 nitrogen and oxygen atoms in total. The lowest BCUT2D eigenvalue weighted by atomic mass is 10.2. The Hall–Kier alpha value is -0.940. The maximum absolute atomic E-state index is 11.4. The lowest BCUT2D eigenvalue weighted by Crippen LogP contribution is -2.23. The van der Waals surface area contributed by atoms with Crippen molar-refractivity contribution < 1.29 is 8.42 Å². The summed E-state index contributed by atoms with van der Waals surface area (Å²) in [6.45, 7) is 0. The minimum Gasteiger partial charge on any atom is -0.320 e. The second-order valence-corrected chi connectivity index (χ2v) is 5.76. The monoisotopic (exact) mass is 212 g/mol. The maximum Gasteiger partial charge on any atom is 0.177 e. The molecule has 0 aromatic carbocycles. The largest absolute Gasteiger partial charge is 0.320 e. The summed E-state index contributed by atoms with van der Waals surface area (Å²) in [5.74, 6) is 0. The fourth-order valence-electron chi connectivity index (χ4n) is 1.44. The van der Waals surface area contributed by atoms with Crippen LogP contribution < -0.4 is 5.73 Å². The zero-order valence-electron chi connectivity index (χ0n) is 7.90. The second kappa shape index (κ2) is 2.77. The van der Waals surface area contributed by atoms with E-state index in [4.69, 9.17) is 5.73 Å². The average molecular weight is 212 g/mol. The molecule has 1 aromatic rings. The van der Waals surface area contributed by atoms with Gasteiger partial charge in [0.1, 0.15) is 0 Å². The molecule has 1 aliphatic carbocycles. The molecule has 76 valence electrons. The Kier molecular flexibility index (Phi) is 1.90. The first-order valence-corrected chi connectivity index (χ1v) is 6.27. The van der Waals surface area contributed by atoms with Gasteiger partial charge < -0.3 is 5.73 Å². The van der Waals surface area contributed by atoms with Gasteiger partial charge in [-0.05, 0) is 25.0 Å². The van der Waals surface area contributed by atoms with Crippen LogP contribution in [0.3, 0.4) is 0 Å². The van der Waals surface area contributed by atoms with Gasteiger partial charge in [0, 0.05) is 12.5 Å². The Labute approximate surface area is 83.1 Å². The third kappa shape index (κ3) is 1.53. The molecule has 1 heterocycles. The van der Waals surface area contributed by atoms with Gasteiger partial charge in [-0.3, -0.25) is 4.98 Å². The van der Waals surface area contributed by atoms with Crippen LogP contribution in [-0.2, 0) is 15.4 Å². The SMILES string of the molecule is CS(=O)(=O)c1cccnc1C1(N)CC1. The van der Waals surface area contributed by atoms with Crippen LogP contribution in [0.25, 0.3) is 0 Å². The molecule has 0 saturated heterocycles. The maximum atomic E-state index is 11.4. The fourth-order valence-corrected chi connectivity index (χ4v) is 2.37. The number of nitrogens with zero attached hydrogens (tertiary/aromatic N) is 1. The van der Waals surface area contributed by atoms with Crippen molar-refractivity contribution in [3.8, 4) is 0 Å². The lowest BCUT2D eigenvalue weighted by Gasteiger charge is -2.11. The van der Waals surface area contributed by atoms with Crippen LogP contribution in [0.2, 0.25) is 0 Å². The molecule has 1 saturated carbocycles. The summed E-state index contributed by atoms with van der Waals surface area (Å²) in [7, 11) is -3.22. The number of pyridine rings is 1. The van der Waals surface area contributed by atoms with Crippen molar-refractivity contribution in [1.82, 2.24) is 4.98 Å². The van der Waals surface area contributed by atoms with Crippen LogP contribution in [0.15, 0.2) is 23.2 Å². The first-order chi connectivity index (χ1) is 6.43. The molecule has 0 atom stereocenters. The van der Waals surface area contributed by atoms with E-state index < -0.39 is 15.4 Å². The van der Waals surface area contributed by atoms with E-state index in [1.54, 1.807) is 18.3 Å². The molecule has 0 unspecified atom stereocenters. The Morgan fingerprint density at radius 3 is 2.64 bits per heavy atom. The first kappa shape index (κ1) is 9.61. The summed E-state index contributed by atoms with van der Waals surface area (Å²) in [6.07, 6.45) is 4.38. The Morgan fingerprint density at radius 1 is 1.50 bits per heavy atom. The molecular formula is C9H12N2O2S. The van der Waals surface area contributed by atoms with E-state index in [0.29, 0.717) is 5.69 Å². The summed E-state index contributed by atoms with van der Waals surface area (Å²) >= 11 is 0. The molecule has 0 bridgehead atoms. The van der Waals surface area contributed by atoms with E-state index >= 15 is 0 Å². The minimum atomic E-state index is -3.22. The molecular weight excluding hydrogens is 200 g/mol. The second-order valence-electron chi connectivity index (χ2n) is 3.78. The van der Waals surface area contributed by atoms with Gasteiger partial charge in [0.2, 0.25) is 0 Å². The molecule has 0 amide bonds. The highest BCUT2D eigenvalue weighted by molar-refractivity contribution is 7.90. The zero-order valence-corrected chi connectivity index (χ0v) is 8.71. The molecule has 1 aromatic heterocycles. The van der Waals surface area contributed by atoms with E-state index in [1.165, 1.54) is 6.26 Å². The zero-order chi connectivity index (χ0) is 10.4. The Bertz CT molecular complexity index is 463. The van der Waals surface area contributed by atoms with Crippen LogP contribution in [0.5, 0.6) is 0 Å². The predicted octanol–water partition coefficient (Wildman–Crippen LogP) is 0.433. The standard InChI is InChI=1S/C9H12N2O2S/c1-14(12,13)7-3-2-6-11-8(7)9(10)4-5-9/h2-3,6H,4-5,10H2,1H3. The summed E-state index contributed by atoms with van der Waals surface area (Å²) in [5.41, 5.74) is 5.95. The van der Waals surface area contributed by atoms with Gasteiger partial charge >= 0.3 is 0 Å². The molecule has 14 heavy (non-hydrogen) atoms. The van der Waals surface area contributed by atoms with Crippen molar-refractivity contribution in [2.45, 2.75) is 23.3 Å². The summed E-state index contributed by atoms with van der Waals surface area (Å²) in [5, 5.41) is 0. The molecule has 0 radical (unpaired) electrons. The van der Waals surface area contributed by atoms with Crippen molar-refractivity contribution in [1.29, 1.82) is 0 Å². The third-order valence-electron chi connectivity index (χ3n) is 2.43. The van der Waals surface area contributed by atoms with Crippen LogP contribution in [0.4, 0.5) is 0 Å². The third-order valence-corrected chi connectivity index (χ3v) is 3.56. The van der Waals surface area contributed by atoms with Crippen LogP contribution in [0.1, 0.15) is 18.5 Å². The smallest absolute Gasteiger partial charge is 0.177 e. The van der Waals surface area contributed by atoms with Gasteiger partial charge in [-0.15, -0.1) is 0 Å². The normalized spacial score (nSPS) is 19.3. The number of nitrogens with two attached hydrogens (primary N) is 1. The van der Waals surface area contributed by atoms with Gasteiger partial charge in [0.15, 0.2) is 9.84 Å². The van der Waals surface area contributed by atoms with Gasteiger partial charge in [0.05, 0.1) is 16.1 Å². The van der Waals surface area contributed by atoms with E-state index in [0.717, 1.165) is 12.8 Å². The van der Waals surface area contributed by atoms with E-state index in [1.807, 2.05) is 0 Å². The minimum absolute atomic E-state index is 0.264. The summed E-state index contributed by atoms with van der Waals surface area (Å²) in [4.78, 5) is 4.34. The number of rotatable bonds is 2. The lowest BCUT2D eigenvalue weighted by molar-refractivity contribution is 0.594. The topological polar surface area (TPSA) is 73.0 Å². The number of hydrogen-bond acceptors (Lipinski definition) is 4. The average Bonchev–Trinajstić information content (AvgIpc) is 2.84. The first-order valence-electron chi connectivity index (χ1n) is 4.38. The van der Waals surface area contributed by atoms with Gasteiger partial charge in [-0.2, -0.15) is 0 Å². The number of hydrogen-bond donors (Lipinski definition) is 1. The molecule has 2 rings (SSSR count). The van der Waals surface area contributed by atoms with Crippen molar-refractivity contribution >= 4 is 9.84 Å². The summed E-state index contributed by atoms with van der Waals surface area (Å²) in [6, 6.07) is 3.18. The fraction of sp³-hybridized carbons (Fsp3) is 0.444. The van der Waals surface area contributed by atoms with E-state index in [2.05, 4.69) is 4.98 Å². The van der Waals surface area contributed by atoms with Crippen molar-refractivity contribution in [3.63, 3.8) is 0 Å². The molecule has 5 heteroatoms. The molecule has 0 aliphatic heterocycles. The number of sulfone groups is 1. The quantitative estimate of drug-likeness (QED) is 0.771. The highest BCUT2D eigenvalue weighted by Gasteiger charge is 2.44. The Balaban J connectivity index is 2.61. The highest BCUT2D eigenvalue weighted by Crippen LogP contribution is 2.43. The van der Waals surface area contributed by atoms with E-state index in [-0.39, 0.29) is 4.90 Å². The molecule has 1 fully saturated rings. The Morgan fingerprint density at radius 2 is 2.14 bits per heavy atom. The molecule has 0 spiro atoms. The van der Waals surface area contributed by atoms with Crippen LogP contribution in [-0.4, -0.2) is 19.7 Å². The molecule has 2 N–H and O–H groups in total. The van der Waals surface area contributed by atoms with Gasteiger partial charge in [0.25, 0.3) is 0 Å². The van der Waals surface area contributed by atoms with Crippen LogP contribution >= 0.6 is 0 Å². The predicted molar refractivity (Wildman–Crippen MR) is 52.4 cm³/mol. The van der Waals surface area contributed by atoms with Crippen molar-refractivity contribution in [2.75, 3.05) is 6.26 Å². The summed E-state index contributed by atoms with van der Waals surface area (Å²) < 4.78 is 22.9. The number of aromatic nitrogens is 1. The highest BCUT2D eigenvalue weighted by atomic mass is 32.2.